The summed E-state index contributed by atoms with van der Waals surface area (Å²) in [6, 6.07) is 21.7. The van der Waals surface area contributed by atoms with Gasteiger partial charge in [0.25, 0.3) is 0 Å². The van der Waals surface area contributed by atoms with E-state index >= 15 is 0 Å². The third-order valence-corrected chi connectivity index (χ3v) is 8.88. The molecule has 0 aromatic heterocycles. The van der Waals surface area contributed by atoms with Gasteiger partial charge in [-0.1, -0.05) is 0 Å². The van der Waals surface area contributed by atoms with E-state index < -0.39 is 21.1 Å². The number of allylic oxidation sites excluding steroid dienone is 1. The summed E-state index contributed by atoms with van der Waals surface area (Å²) < 4.78 is 12.7. The Morgan fingerprint density at radius 2 is 1.23 bits per heavy atom. The number of phenols is 2. The molecule has 0 amide bonds. The van der Waals surface area contributed by atoms with Crippen molar-refractivity contribution in [3.05, 3.63) is 90.0 Å². The molecule has 3 aromatic carbocycles. The molecular weight excluding hydrogens is 438 g/mol. The average molecular weight is 455 g/mol. The second kappa shape index (κ2) is 7.35. The van der Waals surface area contributed by atoms with Crippen LogP contribution in [0.15, 0.2) is 78.9 Å². The van der Waals surface area contributed by atoms with Crippen LogP contribution in [-0.4, -0.2) is 31.3 Å². The SMILES string of the molecule is Oc1ccc([O][Sb]([O]c2ccc(O)cc2)[CH]2C=Cc3ccccc32)cc1. The topological polar surface area (TPSA) is 58.9 Å². The summed E-state index contributed by atoms with van der Waals surface area (Å²) in [5, 5.41) is 19.0. The molecule has 0 saturated carbocycles. The van der Waals surface area contributed by atoms with Gasteiger partial charge in [-0.3, -0.25) is 0 Å². The Balaban J connectivity index is 1.64. The van der Waals surface area contributed by atoms with E-state index in [2.05, 4.69) is 24.3 Å². The van der Waals surface area contributed by atoms with Gasteiger partial charge in [-0.15, -0.1) is 0 Å². The number of rotatable bonds is 5. The van der Waals surface area contributed by atoms with Crippen LogP contribution < -0.4 is 6.03 Å². The Labute approximate surface area is 160 Å². The van der Waals surface area contributed by atoms with Crippen LogP contribution in [0.25, 0.3) is 6.08 Å². The second-order valence-corrected chi connectivity index (χ2v) is 10.1. The van der Waals surface area contributed by atoms with Crippen LogP contribution in [0.5, 0.6) is 23.0 Å². The molecule has 0 spiro atoms. The number of hydrogen-bond acceptors (Lipinski definition) is 4. The first-order valence-corrected chi connectivity index (χ1v) is 11.8. The number of aromatic hydroxyl groups is 2. The number of hydrogen-bond donors (Lipinski definition) is 2. The maximum atomic E-state index is 9.49. The van der Waals surface area contributed by atoms with Crippen molar-refractivity contribution >= 4 is 27.1 Å². The Morgan fingerprint density at radius 1 is 0.692 bits per heavy atom. The van der Waals surface area contributed by atoms with Crippen LogP contribution in [0.1, 0.15) is 15.0 Å². The van der Waals surface area contributed by atoms with Crippen molar-refractivity contribution in [3.8, 4) is 23.0 Å². The summed E-state index contributed by atoms with van der Waals surface area (Å²) in [5.41, 5.74) is 2.41. The summed E-state index contributed by atoms with van der Waals surface area (Å²) in [5.74, 6) is 1.77. The van der Waals surface area contributed by atoms with Crippen molar-refractivity contribution in [3.63, 3.8) is 0 Å². The monoisotopic (exact) mass is 454 g/mol. The van der Waals surface area contributed by atoms with E-state index in [4.69, 9.17) is 6.03 Å². The Morgan fingerprint density at radius 3 is 1.81 bits per heavy atom. The maximum absolute atomic E-state index is 9.49. The molecule has 4 rings (SSSR count). The van der Waals surface area contributed by atoms with Gasteiger partial charge in [-0.25, -0.2) is 0 Å². The number of fused-ring (bicyclic) bond motifs is 1. The molecule has 130 valence electrons. The van der Waals surface area contributed by atoms with Crippen molar-refractivity contribution in [2.75, 3.05) is 0 Å². The molecule has 0 fully saturated rings. The quantitative estimate of drug-likeness (QED) is 0.561. The standard InChI is InChI=1S/C9H7.2C6H6O2.Sb/c1-2-5-9-7-3-6-8(9)4-1;2*7-5-1-2-6(8)4-3-5;/h1-7H;2*1-4,7-8H;/q;;;+2/p-2. The van der Waals surface area contributed by atoms with E-state index in [1.807, 2.05) is 12.1 Å². The number of benzene rings is 3. The molecular formula is C21H17O4Sb. The van der Waals surface area contributed by atoms with E-state index in [-0.39, 0.29) is 15.4 Å². The molecule has 1 atom stereocenters. The van der Waals surface area contributed by atoms with E-state index in [1.165, 1.54) is 11.1 Å². The first kappa shape index (κ1) is 16.9. The minimum absolute atomic E-state index is 0.108. The third-order valence-electron chi connectivity index (χ3n) is 4.06. The van der Waals surface area contributed by atoms with Crippen LogP contribution in [-0.2, 0) is 0 Å². The summed E-state index contributed by atoms with van der Waals surface area (Å²) in [7, 11) is 0. The predicted octanol–water partition coefficient (Wildman–Crippen LogP) is 4.39. The molecule has 0 heterocycles. The second-order valence-electron chi connectivity index (χ2n) is 5.89. The van der Waals surface area contributed by atoms with E-state index in [0.717, 1.165) is 0 Å². The van der Waals surface area contributed by atoms with Gasteiger partial charge in [0, 0.05) is 0 Å². The fraction of sp³-hybridized carbons (Fsp3) is 0.0476. The fourth-order valence-corrected chi connectivity index (χ4v) is 7.37. The molecule has 0 saturated heterocycles. The zero-order valence-electron chi connectivity index (χ0n) is 13.8. The first-order chi connectivity index (χ1) is 12.7. The van der Waals surface area contributed by atoms with Crippen LogP contribution in [0.2, 0.25) is 0 Å². The van der Waals surface area contributed by atoms with Gasteiger partial charge in [-0.05, 0) is 0 Å². The normalized spacial score (nSPS) is 15.0. The van der Waals surface area contributed by atoms with Gasteiger partial charge >= 0.3 is 160 Å². The van der Waals surface area contributed by atoms with Crippen molar-refractivity contribution in [2.24, 2.45) is 0 Å². The molecule has 4 nitrogen and oxygen atoms in total. The molecule has 3 aromatic rings. The Hall–Kier alpha value is -2.58. The molecule has 26 heavy (non-hydrogen) atoms. The van der Waals surface area contributed by atoms with Crippen molar-refractivity contribution < 1.29 is 16.2 Å². The van der Waals surface area contributed by atoms with Crippen molar-refractivity contribution in [1.29, 1.82) is 0 Å². The van der Waals surface area contributed by atoms with Crippen LogP contribution in [0.4, 0.5) is 0 Å². The zero-order chi connectivity index (χ0) is 17.9. The third kappa shape index (κ3) is 3.66. The first-order valence-electron chi connectivity index (χ1n) is 8.19. The molecule has 1 aliphatic rings. The molecule has 0 radical (unpaired) electrons. The van der Waals surface area contributed by atoms with Gasteiger partial charge in [0.2, 0.25) is 0 Å². The molecule has 0 aliphatic heterocycles. The minimum atomic E-state index is -2.79. The Bertz CT molecular complexity index is 872. The van der Waals surface area contributed by atoms with Crippen LogP contribution in [0, 0.1) is 0 Å². The molecule has 2 N–H and O–H groups in total. The van der Waals surface area contributed by atoms with E-state index in [0.29, 0.717) is 11.5 Å². The van der Waals surface area contributed by atoms with Crippen LogP contribution >= 0.6 is 0 Å². The van der Waals surface area contributed by atoms with Gasteiger partial charge < -0.3 is 0 Å². The fourth-order valence-electron chi connectivity index (χ4n) is 2.77. The van der Waals surface area contributed by atoms with Gasteiger partial charge in [-0.2, -0.15) is 0 Å². The zero-order valence-corrected chi connectivity index (χ0v) is 16.4. The predicted molar refractivity (Wildman–Crippen MR) is 101 cm³/mol. The van der Waals surface area contributed by atoms with Crippen molar-refractivity contribution in [1.82, 2.24) is 0 Å². The molecule has 1 unspecified atom stereocenters. The summed E-state index contributed by atoms with van der Waals surface area (Å²) in [6.07, 6.45) is 4.26. The molecule has 5 heteroatoms. The van der Waals surface area contributed by atoms with E-state index in [9.17, 15) is 10.2 Å². The molecule has 1 aliphatic carbocycles. The van der Waals surface area contributed by atoms with Crippen molar-refractivity contribution in [2.45, 2.75) is 3.86 Å². The summed E-state index contributed by atoms with van der Waals surface area (Å²) >= 11 is -2.79. The summed E-state index contributed by atoms with van der Waals surface area (Å²) in [4.78, 5) is 0. The van der Waals surface area contributed by atoms with Crippen LogP contribution in [0.3, 0.4) is 0 Å². The number of phenolic OH excluding ortho intramolecular Hbond substituents is 2. The van der Waals surface area contributed by atoms with Gasteiger partial charge in [0.15, 0.2) is 0 Å². The molecule has 0 bridgehead atoms. The summed E-state index contributed by atoms with van der Waals surface area (Å²) in [6.45, 7) is 0. The van der Waals surface area contributed by atoms with E-state index in [1.54, 1.807) is 48.5 Å². The van der Waals surface area contributed by atoms with Gasteiger partial charge in [0.05, 0.1) is 0 Å². The Kier molecular flexibility index (Phi) is 4.76. The van der Waals surface area contributed by atoms with Gasteiger partial charge in [0.1, 0.15) is 0 Å². The average Bonchev–Trinajstić information content (AvgIpc) is 3.09.